The number of rotatable bonds is 5. The van der Waals surface area contributed by atoms with Crippen LogP contribution in [0.3, 0.4) is 0 Å². The third kappa shape index (κ3) is 3.09. The van der Waals surface area contributed by atoms with Gasteiger partial charge in [0.05, 0.1) is 46.8 Å². The SMILES string of the molecule is COc1cc([C@@H]2OC[C@H]3[C@H]2CO[C@@H]3c2ccc(OC)c(OC)c2)ccc1O. The Bertz CT molecular complexity index is 820. The number of ether oxygens (including phenoxy) is 5. The molecule has 0 radical (unpaired) electrons. The van der Waals surface area contributed by atoms with E-state index in [4.69, 9.17) is 23.7 Å². The van der Waals surface area contributed by atoms with Gasteiger partial charge < -0.3 is 28.8 Å². The largest absolute Gasteiger partial charge is 0.504 e. The van der Waals surface area contributed by atoms with Crippen LogP contribution in [0.4, 0.5) is 0 Å². The lowest BCUT2D eigenvalue weighted by molar-refractivity contribution is 0.0191. The Hall–Kier alpha value is -2.44. The van der Waals surface area contributed by atoms with Crippen molar-refractivity contribution in [1.82, 2.24) is 0 Å². The molecule has 0 amide bonds. The van der Waals surface area contributed by atoms with Crippen LogP contribution >= 0.6 is 0 Å². The molecular weight excluding hydrogens is 348 g/mol. The average Bonchev–Trinajstić information content (AvgIpc) is 3.30. The first-order chi connectivity index (χ1) is 13.2. The van der Waals surface area contributed by atoms with E-state index in [0.29, 0.717) is 30.5 Å². The number of aromatic hydroxyl groups is 1. The number of hydrogen-bond donors (Lipinski definition) is 1. The molecule has 0 saturated carbocycles. The highest BCUT2D eigenvalue weighted by atomic mass is 16.5. The molecule has 27 heavy (non-hydrogen) atoms. The summed E-state index contributed by atoms with van der Waals surface area (Å²) in [6.07, 6.45) is -0.117. The fourth-order valence-corrected chi connectivity index (χ4v) is 4.14. The summed E-state index contributed by atoms with van der Waals surface area (Å²) in [6, 6.07) is 11.3. The summed E-state index contributed by atoms with van der Waals surface area (Å²) in [7, 11) is 4.80. The maximum absolute atomic E-state index is 9.84. The Kier molecular flexibility index (Phi) is 4.85. The lowest BCUT2D eigenvalue weighted by atomic mass is 9.85. The van der Waals surface area contributed by atoms with Gasteiger partial charge in [0, 0.05) is 11.8 Å². The second-order valence-electron chi connectivity index (χ2n) is 6.88. The molecule has 2 aromatic rings. The summed E-state index contributed by atoms with van der Waals surface area (Å²) in [5, 5.41) is 9.84. The molecule has 0 spiro atoms. The van der Waals surface area contributed by atoms with Crippen LogP contribution in [-0.4, -0.2) is 39.6 Å². The van der Waals surface area contributed by atoms with Gasteiger partial charge in [-0.1, -0.05) is 12.1 Å². The van der Waals surface area contributed by atoms with E-state index in [1.54, 1.807) is 27.4 Å². The number of phenols is 1. The summed E-state index contributed by atoms with van der Waals surface area (Å²) in [6.45, 7) is 1.25. The van der Waals surface area contributed by atoms with Crippen LogP contribution in [0.1, 0.15) is 23.3 Å². The zero-order valence-electron chi connectivity index (χ0n) is 15.7. The molecule has 2 aliphatic heterocycles. The van der Waals surface area contributed by atoms with Gasteiger partial charge in [-0.2, -0.15) is 0 Å². The minimum atomic E-state index is -0.0744. The topological polar surface area (TPSA) is 66.4 Å². The van der Waals surface area contributed by atoms with Gasteiger partial charge in [-0.25, -0.2) is 0 Å². The van der Waals surface area contributed by atoms with E-state index in [-0.39, 0.29) is 29.8 Å². The standard InChI is InChI=1S/C21H24O6/c1-23-17-7-5-13(9-19(17)25-3)21-15-11-26-20(14(15)10-27-21)12-4-6-16(22)18(8-12)24-2/h4-9,14-15,20-22H,10-11H2,1-3H3/t14-,15+,20+,21-/m1/s1. The summed E-state index contributed by atoms with van der Waals surface area (Å²) in [5.41, 5.74) is 2.06. The van der Waals surface area contributed by atoms with E-state index >= 15 is 0 Å². The molecule has 6 heteroatoms. The quantitative estimate of drug-likeness (QED) is 0.867. The normalized spacial score (nSPS) is 26.6. The average molecular weight is 372 g/mol. The van der Waals surface area contributed by atoms with Gasteiger partial charge in [0.2, 0.25) is 0 Å². The summed E-state index contributed by atoms with van der Waals surface area (Å²) in [5.74, 6) is 2.48. The van der Waals surface area contributed by atoms with Crippen LogP contribution in [0, 0.1) is 11.8 Å². The minimum Gasteiger partial charge on any atom is -0.504 e. The summed E-state index contributed by atoms with van der Waals surface area (Å²) >= 11 is 0. The van der Waals surface area contributed by atoms with E-state index in [9.17, 15) is 5.11 Å². The molecule has 0 aromatic heterocycles. The van der Waals surface area contributed by atoms with E-state index in [1.165, 1.54) is 0 Å². The molecule has 0 unspecified atom stereocenters. The van der Waals surface area contributed by atoms with Crippen LogP contribution in [0.2, 0.25) is 0 Å². The van der Waals surface area contributed by atoms with Gasteiger partial charge in [0.15, 0.2) is 23.0 Å². The number of hydrogen-bond acceptors (Lipinski definition) is 6. The highest BCUT2D eigenvalue weighted by Gasteiger charge is 2.48. The van der Waals surface area contributed by atoms with Gasteiger partial charge in [0.25, 0.3) is 0 Å². The summed E-state index contributed by atoms with van der Waals surface area (Å²) < 4.78 is 28.3. The van der Waals surface area contributed by atoms with Crippen LogP contribution in [0.25, 0.3) is 0 Å². The molecule has 2 heterocycles. The first kappa shape index (κ1) is 17.9. The van der Waals surface area contributed by atoms with Crippen LogP contribution < -0.4 is 14.2 Å². The molecule has 2 fully saturated rings. The first-order valence-electron chi connectivity index (χ1n) is 8.98. The molecule has 1 N–H and O–H groups in total. The van der Waals surface area contributed by atoms with E-state index in [1.807, 2.05) is 30.3 Å². The molecule has 4 rings (SSSR count). The predicted octanol–water partition coefficient (Wildman–Crippen LogP) is 3.49. The maximum Gasteiger partial charge on any atom is 0.161 e. The van der Waals surface area contributed by atoms with Crippen LogP contribution in [0.15, 0.2) is 36.4 Å². The van der Waals surface area contributed by atoms with Crippen molar-refractivity contribution >= 4 is 0 Å². The molecular formula is C21H24O6. The van der Waals surface area contributed by atoms with Gasteiger partial charge in [-0.05, 0) is 35.4 Å². The molecule has 2 saturated heterocycles. The number of phenolic OH excluding ortho intramolecular Hbond substituents is 1. The Balaban J connectivity index is 1.57. The molecule has 2 aromatic carbocycles. The van der Waals surface area contributed by atoms with Crippen molar-refractivity contribution in [2.45, 2.75) is 12.2 Å². The number of methoxy groups -OCH3 is 3. The van der Waals surface area contributed by atoms with E-state index in [0.717, 1.165) is 11.1 Å². The van der Waals surface area contributed by atoms with Crippen molar-refractivity contribution in [3.8, 4) is 23.0 Å². The maximum atomic E-state index is 9.84. The fourth-order valence-electron chi connectivity index (χ4n) is 4.14. The van der Waals surface area contributed by atoms with Crippen molar-refractivity contribution in [2.24, 2.45) is 11.8 Å². The van der Waals surface area contributed by atoms with Crippen LogP contribution in [0.5, 0.6) is 23.0 Å². The van der Waals surface area contributed by atoms with Gasteiger partial charge in [0.1, 0.15) is 0 Å². The molecule has 4 atom stereocenters. The van der Waals surface area contributed by atoms with Crippen molar-refractivity contribution in [3.05, 3.63) is 47.5 Å². The first-order valence-corrected chi connectivity index (χ1v) is 8.98. The highest BCUT2D eigenvalue weighted by Crippen LogP contribution is 2.51. The minimum absolute atomic E-state index is 0.0428. The zero-order chi connectivity index (χ0) is 19.0. The van der Waals surface area contributed by atoms with Gasteiger partial charge >= 0.3 is 0 Å². The lowest BCUT2D eigenvalue weighted by Gasteiger charge is -2.18. The van der Waals surface area contributed by atoms with Crippen molar-refractivity contribution in [1.29, 1.82) is 0 Å². The number of benzene rings is 2. The molecule has 144 valence electrons. The second kappa shape index (κ2) is 7.29. The molecule has 2 aliphatic rings. The molecule has 6 nitrogen and oxygen atoms in total. The second-order valence-corrected chi connectivity index (χ2v) is 6.88. The van der Waals surface area contributed by atoms with Crippen molar-refractivity contribution < 1.29 is 28.8 Å². The van der Waals surface area contributed by atoms with E-state index in [2.05, 4.69) is 0 Å². The monoisotopic (exact) mass is 372 g/mol. The van der Waals surface area contributed by atoms with Gasteiger partial charge in [-0.15, -0.1) is 0 Å². The Morgan fingerprint density at radius 2 is 1.26 bits per heavy atom. The third-order valence-corrected chi connectivity index (χ3v) is 5.53. The Morgan fingerprint density at radius 1 is 0.741 bits per heavy atom. The zero-order valence-corrected chi connectivity index (χ0v) is 15.7. The van der Waals surface area contributed by atoms with Gasteiger partial charge in [-0.3, -0.25) is 0 Å². The Morgan fingerprint density at radius 3 is 1.81 bits per heavy atom. The highest BCUT2D eigenvalue weighted by molar-refractivity contribution is 5.45. The number of fused-ring (bicyclic) bond motifs is 1. The van der Waals surface area contributed by atoms with E-state index < -0.39 is 0 Å². The summed E-state index contributed by atoms with van der Waals surface area (Å²) in [4.78, 5) is 0. The third-order valence-electron chi connectivity index (χ3n) is 5.53. The Labute approximate surface area is 158 Å². The molecule has 0 bridgehead atoms. The lowest BCUT2D eigenvalue weighted by Crippen LogP contribution is -2.14. The smallest absolute Gasteiger partial charge is 0.161 e. The van der Waals surface area contributed by atoms with Crippen molar-refractivity contribution in [2.75, 3.05) is 34.5 Å². The van der Waals surface area contributed by atoms with Crippen molar-refractivity contribution in [3.63, 3.8) is 0 Å². The molecule has 0 aliphatic carbocycles. The fraction of sp³-hybridized carbons (Fsp3) is 0.429. The predicted molar refractivity (Wildman–Crippen MR) is 98.6 cm³/mol. The van der Waals surface area contributed by atoms with Crippen LogP contribution in [-0.2, 0) is 9.47 Å².